The van der Waals surface area contributed by atoms with Gasteiger partial charge in [-0.2, -0.15) is 32.2 Å². The molecule has 5 N–H and O–H groups in total. The quantitative estimate of drug-likeness (QED) is 0.110. The molecule has 0 unspecified atom stereocenters. The van der Waals surface area contributed by atoms with Crippen molar-refractivity contribution in [2.75, 3.05) is 5.73 Å². The van der Waals surface area contributed by atoms with Crippen LogP contribution in [0.4, 0.5) is 28.4 Å². The molecule has 0 heterocycles. The number of rotatable bonds is 6. The fourth-order valence-corrected chi connectivity index (χ4v) is 4.28. The van der Waals surface area contributed by atoms with Crippen LogP contribution in [0.2, 0.25) is 0 Å². The second-order valence-electron chi connectivity index (χ2n) is 7.41. The molecule has 0 aliphatic rings. The van der Waals surface area contributed by atoms with Gasteiger partial charge in [-0.1, -0.05) is 6.07 Å². The zero-order valence-corrected chi connectivity index (χ0v) is 25.7. The number of phenolic OH excluding ortho intramolecular Hbond substituents is 1. The molecule has 4 rings (SSSR count). The minimum atomic E-state index is -4.73. The Morgan fingerprint density at radius 2 is 1.11 bits per heavy atom. The SMILES string of the molecule is Nc1ccc2cc(S(=O)(=O)O)c(N=Nc3ccc(N=Nc4ccc(S(=O)(=O)O)cc4)cc3)c(O)c2c1.[Na].[Na]. The Hall–Kier alpha value is -2.24. The molecule has 4 aromatic carbocycles. The number of hydrogen-bond donors (Lipinski definition) is 4. The predicted molar refractivity (Wildman–Crippen MR) is 142 cm³/mol. The van der Waals surface area contributed by atoms with Crippen LogP contribution in [0.15, 0.2) is 103 Å². The zero-order chi connectivity index (χ0) is 26.1. The minimum Gasteiger partial charge on any atom is -0.505 e. The summed E-state index contributed by atoms with van der Waals surface area (Å²) in [6.07, 6.45) is 0. The molecule has 0 atom stereocenters. The number of anilines is 1. The number of benzene rings is 4. The summed E-state index contributed by atoms with van der Waals surface area (Å²) < 4.78 is 64.5. The van der Waals surface area contributed by atoms with Crippen molar-refractivity contribution in [3.8, 4) is 5.75 Å². The van der Waals surface area contributed by atoms with Gasteiger partial charge < -0.3 is 10.8 Å². The fourth-order valence-electron chi connectivity index (χ4n) is 3.15. The number of nitrogens with two attached hydrogens (primary N) is 1. The molecule has 38 heavy (non-hydrogen) atoms. The molecule has 0 aliphatic carbocycles. The second kappa shape index (κ2) is 12.7. The van der Waals surface area contributed by atoms with Crippen LogP contribution in [0.5, 0.6) is 5.75 Å². The average Bonchev–Trinajstić information content (AvgIpc) is 2.82. The summed E-state index contributed by atoms with van der Waals surface area (Å²) in [5.41, 5.74) is 6.66. The molecule has 0 amide bonds. The number of hydrogen-bond acceptors (Lipinski definition) is 10. The van der Waals surface area contributed by atoms with Gasteiger partial charge in [-0.25, -0.2) is 0 Å². The van der Waals surface area contributed by atoms with Crippen molar-refractivity contribution in [2.24, 2.45) is 20.5 Å². The van der Waals surface area contributed by atoms with E-state index < -0.39 is 36.6 Å². The summed E-state index contributed by atoms with van der Waals surface area (Å²) in [6.45, 7) is 0. The third-order valence-corrected chi connectivity index (χ3v) is 6.62. The van der Waals surface area contributed by atoms with Crippen LogP contribution in [0.25, 0.3) is 10.8 Å². The Morgan fingerprint density at radius 3 is 1.58 bits per heavy atom. The number of nitrogen functional groups attached to an aromatic ring is 1. The second-order valence-corrected chi connectivity index (χ2v) is 10.2. The maximum Gasteiger partial charge on any atom is 0.296 e. The standard InChI is InChI=1S/C22H17N5O7S2.2Na/c23-14-2-1-13-11-20(36(32,33)34)21(22(28)19(13)12-14)27-26-16-5-3-15(4-6-16)24-25-17-7-9-18(10-8-17)35(29,30)31;;/h1-12,28H,23H2,(H,29,30,31)(H,32,33,34);;. The van der Waals surface area contributed by atoms with E-state index in [0.29, 0.717) is 22.4 Å². The van der Waals surface area contributed by atoms with E-state index in [1.807, 2.05) is 0 Å². The average molecular weight is 574 g/mol. The van der Waals surface area contributed by atoms with E-state index in [1.165, 1.54) is 66.7 Å². The molecule has 0 bridgehead atoms. The van der Waals surface area contributed by atoms with E-state index >= 15 is 0 Å². The van der Waals surface area contributed by atoms with Gasteiger partial charge in [0.2, 0.25) is 0 Å². The molecule has 0 aromatic heterocycles. The maximum atomic E-state index is 11.9. The van der Waals surface area contributed by atoms with E-state index in [4.69, 9.17) is 10.3 Å². The molecular formula is C22H17N5Na2O7S2. The van der Waals surface area contributed by atoms with Gasteiger partial charge in [0.15, 0.2) is 5.75 Å². The summed E-state index contributed by atoms with van der Waals surface area (Å²) in [7, 11) is -9.04. The first-order valence-corrected chi connectivity index (χ1v) is 12.8. The van der Waals surface area contributed by atoms with E-state index in [9.17, 15) is 26.5 Å². The van der Waals surface area contributed by atoms with Crippen LogP contribution in [0, 0.1) is 0 Å². The molecule has 0 aliphatic heterocycles. The maximum absolute atomic E-state index is 11.9. The van der Waals surface area contributed by atoms with Crippen molar-refractivity contribution in [2.45, 2.75) is 9.79 Å². The third-order valence-electron chi connectivity index (χ3n) is 4.89. The fraction of sp³-hybridized carbons (Fsp3) is 0. The van der Waals surface area contributed by atoms with Gasteiger partial charge in [-0.05, 0) is 72.1 Å². The molecule has 12 nitrogen and oxygen atoms in total. The molecule has 0 fully saturated rings. The van der Waals surface area contributed by atoms with Gasteiger partial charge in [-0.15, -0.1) is 5.11 Å². The van der Waals surface area contributed by atoms with Crippen LogP contribution < -0.4 is 5.73 Å². The minimum absolute atomic E-state index is 0. The Morgan fingerprint density at radius 1 is 0.632 bits per heavy atom. The number of phenols is 1. The smallest absolute Gasteiger partial charge is 0.296 e. The van der Waals surface area contributed by atoms with Gasteiger partial charge in [0, 0.05) is 70.2 Å². The van der Waals surface area contributed by atoms with Crippen molar-refractivity contribution >= 4 is 119 Å². The van der Waals surface area contributed by atoms with Gasteiger partial charge >= 0.3 is 0 Å². The molecular weight excluding hydrogens is 556 g/mol. The molecule has 0 saturated heterocycles. The summed E-state index contributed by atoms with van der Waals surface area (Å²) in [4.78, 5) is -0.888. The topological polar surface area (TPSA) is 204 Å². The first-order valence-electron chi connectivity index (χ1n) is 9.95. The van der Waals surface area contributed by atoms with Crippen LogP contribution in [0.1, 0.15) is 0 Å². The van der Waals surface area contributed by atoms with Crippen LogP contribution in [-0.4, -0.2) is 90.2 Å². The Balaban J connectivity index is 0.00000253. The Bertz CT molecular complexity index is 1750. The van der Waals surface area contributed by atoms with Crippen LogP contribution in [-0.2, 0) is 20.2 Å². The number of azo groups is 2. The van der Waals surface area contributed by atoms with Gasteiger partial charge in [0.05, 0.1) is 22.0 Å². The molecule has 0 saturated carbocycles. The van der Waals surface area contributed by atoms with Crippen LogP contribution in [0.3, 0.4) is 0 Å². The number of nitrogens with zero attached hydrogens (tertiary/aromatic N) is 4. The van der Waals surface area contributed by atoms with E-state index in [0.717, 1.165) is 6.07 Å². The van der Waals surface area contributed by atoms with E-state index in [1.54, 1.807) is 0 Å². The van der Waals surface area contributed by atoms with Crippen molar-refractivity contribution in [1.82, 2.24) is 0 Å². The molecule has 4 aromatic rings. The zero-order valence-electron chi connectivity index (χ0n) is 20.1. The summed E-state index contributed by atoms with van der Waals surface area (Å²) in [5.74, 6) is -0.512. The largest absolute Gasteiger partial charge is 0.505 e. The summed E-state index contributed by atoms with van der Waals surface area (Å²) in [5, 5.41) is 26.9. The normalized spacial score (nSPS) is 11.9. The summed E-state index contributed by atoms with van der Waals surface area (Å²) in [6, 6.07) is 16.8. The predicted octanol–water partition coefficient (Wildman–Crippen LogP) is 4.69. The number of aromatic hydroxyl groups is 1. The first-order chi connectivity index (χ1) is 16.9. The monoisotopic (exact) mass is 573 g/mol. The van der Waals surface area contributed by atoms with Gasteiger partial charge in [0.1, 0.15) is 10.6 Å². The number of fused-ring (bicyclic) bond motifs is 1. The van der Waals surface area contributed by atoms with Gasteiger partial charge in [-0.3, -0.25) is 9.11 Å². The molecule has 2 radical (unpaired) electrons. The first kappa shape index (κ1) is 32.0. The summed E-state index contributed by atoms with van der Waals surface area (Å²) >= 11 is 0. The van der Waals surface area contributed by atoms with Crippen molar-refractivity contribution < 1.29 is 31.0 Å². The van der Waals surface area contributed by atoms with Crippen molar-refractivity contribution in [3.63, 3.8) is 0 Å². The van der Waals surface area contributed by atoms with Crippen molar-refractivity contribution in [3.05, 3.63) is 72.8 Å². The van der Waals surface area contributed by atoms with Gasteiger partial charge in [0.25, 0.3) is 20.2 Å². The molecule has 16 heteroatoms. The van der Waals surface area contributed by atoms with E-state index in [-0.39, 0.29) is 75.1 Å². The van der Waals surface area contributed by atoms with E-state index in [2.05, 4.69) is 20.5 Å². The molecule has 0 spiro atoms. The third kappa shape index (κ3) is 7.66. The molecule has 186 valence electrons. The Labute approximate surface area is 261 Å². The van der Waals surface area contributed by atoms with Crippen molar-refractivity contribution in [1.29, 1.82) is 0 Å². The van der Waals surface area contributed by atoms with Crippen LogP contribution >= 0.6 is 0 Å². The Kier molecular flexibility index (Phi) is 10.7.